The van der Waals surface area contributed by atoms with Gasteiger partial charge in [-0.15, -0.1) is 0 Å². The first kappa shape index (κ1) is 36.8. The largest absolute Gasteiger partial charge is 0.480 e. The standard InChI is InChI=1S/C26H47N11O6/c1-16(38)34-18(9-6-12-32-26(29)30)22(39)37-21(13-17-14-31-15-33-17)24(41)35-19(7-2-4-10-27)23(40)36-20(25(42)43)8-3-5-11-28/h14-15,18-21H,2-13,27-28H2,1H3,(H,31,33)(H,34,38)(H,35,41)(H,36,40)(H,37,39)(H,42,43)(H4,29,30,32)/t18-,19-,20-,21-/m0/s1. The quantitative estimate of drug-likeness (QED) is 0.0366. The molecule has 0 aliphatic heterocycles. The second kappa shape index (κ2) is 20.6. The third kappa shape index (κ3) is 15.5. The Morgan fingerprint density at radius 1 is 0.814 bits per heavy atom. The Balaban J connectivity index is 3.13. The van der Waals surface area contributed by atoms with Gasteiger partial charge in [-0.3, -0.25) is 24.2 Å². The smallest absolute Gasteiger partial charge is 0.326 e. The number of aliphatic carboxylic acids is 1. The number of carbonyl (C=O) groups excluding carboxylic acids is 4. The first-order valence-corrected chi connectivity index (χ1v) is 14.3. The van der Waals surface area contributed by atoms with Crippen LogP contribution < -0.4 is 44.2 Å². The van der Waals surface area contributed by atoms with Gasteiger partial charge in [0.05, 0.1) is 6.33 Å². The van der Waals surface area contributed by atoms with Gasteiger partial charge in [0.2, 0.25) is 23.6 Å². The number of aliphatic imine (C=N–C) groups is 1. The number of nitrogens with zero attached hydrogens (tertiary/aromatic N) is 2. The lowest BCUT2D eigenvalue weighted by molar-refractivity contribution is -0.142. The summed E-state index contributed by atoms with van der Waals surface area (Å²) in [6, 6.07) is -4.42. The predicted octanol–water partition coefficient (Wildman–Crippen LogP) is -2.69. The molecule has 17 nitrogen and oxygen atoms in total. The Kier molecular flexibility index (Phi) is 17.6. The molecule has 0 radical (unpaired) electrons. The number of amides is 4. The van der Waals surface area contributed by atoms with E-state index in [1.54, 1.807) is 0 Å². The molecule has 0 unspecified atom stereocenters. The average Bonchev–Trinajstić information content (AvgIpc) is 3.46. The van der Waals surface area contributed by atoms with Gasteiger partial charge in [-0.1, -0.05) is 0 Å². The number of carbonyl (C=O) groups is 5. The molecule has 1 rings (SSSR count). The molecule has 0 aliphatic rings. The number of H-pyrrole nitrogens is 1. The number of hydrogen-bond donors (Lipinski definition) is 10. The lowest BCUT2D eigenvalue weighted by atomic mass is 10.0. The average molecular weight is 610 g/mol. The highest BCUT2D eigenvalue weighted by atomic mass is 16.4. The van der Waals surface area contributed by atoms with Crippen LogP contribution in [0.5, 0.6) is 0 Å². The monoisotopic (exact) mass is 609 g/mol. The summed E-state index contributed by atoms with van der Waals surface area (Å²) in [5, 5.41) is 20.0. The van der Waals surface area contributed by atoms with Crippen molar-refractivity contribution < 1.29 is 29.1 Å². The van der Waals surface area contributed by atoms with E-state index in [-0.39, 0.29) is 38.2 Å². The maximum Gasteiger partial charge on any atom is 0.326 e. The van der Waals surface area contributed by atoms with Gasteiger partial charge < -0.3 is 54.3 Å². The summed E-state index contributed by atoms with van der Waals surface area (Å²) >= 11 is 0. The molecule has 0 aromatic carbocycles. The molecule has 0 saturated heterocycles. The SMILES string of the molecule is CC(=O)N[C@@H](CCCN=C(N)N)C(=O)N[C@@H](Cc1cnc[nH]1)C(=O)N[C@@H](CCCCN)C(=O)N[C@@H](CCCCN)C(=O)O. The topological polar surface area (TPSA) is 299 Å². The Morgan fingerprint density at radius 3 is 1.84 bits per heavy atom. The number of carboxylic acids is 1. The number of hydrogen-bond acceptors (Lipinski definition) is 9. The molecule has 1 aromatic rings. The molecular formula is C26H47N11O6. The predicted molar refractivity (Wildman–Crippen MR) is 159 cm³/mol. The van der Waals surface area contributed by atoms with Gasteiger partial charge in [0.25, 0.3) is 0 Å². The highest BCUT2D eigenvalue weighted by molar-refractivity contribution is 5.95. The van der Waals surface area contributed by atoms with Crippen LogP contribution in [-0.4, -0.2) is 94.4 Å². The lowest BCUT2D eigenvalue weighted by Crippen LogP contribution is -2.58. The molecule has 0 bridgehead atoms. The Morgan fingerprint density at radius 2 is 1.33 bits per heavy atom. The summed E-state index contributed by atoms with van der Waals surface area (Å²) < 4.78 is 0. The van der Waals surface area contributed by atoms with E-state index in [4.69, 9.17) is 22.9 Å². The van der Waals surface area contributed by atoms with Gasteiger partial charge in [-0.2, -0.15) is 0 Å². The number of unbranched alkanes of at least 4 members (excludes halogenated alkanes) is 2. The number of nitrogens with one attached hydrogen (secondary N) is 5. The minimum atomic E-state index is -1.20. The van der Waals surface area contributed by atoms with Crippen molar-refractivity contribution in [1.29, 1.82) is 0 Å². The van der Waals surface area contributed by atoms with Crippen molar-refractivity contribution in [2.45, 2.75) is 88.9 Å². The van der Waals surface area contributed by atoms with Crippen LogP contribution in [0.1, 0.15) is 64.0 Å². The third-order valence-corrected chi connectivity index (χ3v) is 6.39. The fraction of sp³-hybridized carbons (Fsp3) is 0.654. The van der Waals surface area contributed by atoms with Gasteiger partial charge >= 0.3 is 5.97 Å². The van der Waals surface area contributed by atoms with Gasteiger partial charge in [-0.05, 0) is 64.5 Å². The van der Waals surface area contributed by atoms with Crippen LogP contribution in [0.25, 0.3) is 0 Å². The molecule has 17 heteroatoms. The number of imidazole rings is 1. The summed E-state index contributed by atoms with van der Waals surface area (Å²) in [5.41, 5.74) is 22.3. The molecule has 0 fully saturated rings. The number of nitrogens with two attached hydrogens (primary N) is 4. The van der Waals surface area contributed by atoms with Crippen molar-refractivity contribution >= 4 is 35.6 Å². The zero-order valence-corrected chi connectivity index (χ0v) is 24.6. The van der Waals surface area contributed by atoms with E-state index in [2.05, 4.69) is 36.2 Å². The molecule has 0 spiro atoms. The van der Waals surface area contributed by atoms with Gasteiger partial charge in [0.1, 0.15) is 24.2 Å². The second-order valence-corrected chi connectivity index (χ2v) is 10.1. The van der Waals surface area contributed by atoms with E-state index in [0.717, 1.165) is 0 Å². The minimum absolute atomic E-state index is 0.00760. The van der Waals surface area contributed by atoms with Gasteiger partial charge in [0, 0.05) is 31.8 Å². The Bertz CT molecular complexity index is 1050. The molecule has 4 atom stereocenters. The van der Waals surface area contributed by atoms with Crippen LogP contribution in [0, 0.1) is 0 Å². The van der Waals surface area contributed by atoms with Gasteiger partial charge in [0.15, 0.2) is 5.96 Å². The van der Waals surface area contributed by atoms with E-state index < -0.39 is 53.8 Å². The van der Waals surface area contributed by atoms with E-state index >= 15 is 0 Å². The first-order chi connectivity index (χ1) is 20.5. The molecule has 4 amide bonds. The van der Waals surface area contributed by atoms with Crippen molar-refractivity contribution in [3.05, 3.63) is 18.2 Å². The molecule has 14 N–H and O–H groups in total. The molecule has 0 saturated carbocycles. The zero-order chi connectivity index (χ0) is 32.2. The van der Waals surface area contributed by atoms with Crippen LogP contribution in [0.3, 0.4) is 0 Å². The number of aromatic amines is 1. The number of guanidine groups is 1. The maximum atomic E-state index is 13.5. The Labute approximate surface area is 250 Å². The van der Waals surface area contributed by atoms with Crippen molar-refractivity contribution in [1.82, 2.24) is 31.2 Å². The van der Waals surface area contributed by atoms with Crippen LogP contribution in [0.2, 0.25) is 0 Å². The molecule has 43 heavy (non-hydrogen) atoms. The zero-order valence-electron chi connectivity index (χ0n) is 24.6. The van der Waals surface area contributed by atoms with E-state index in [1.165, 1.54) is 19.4 Å². The summed E-state index contributed by atoms with van der Waals surface area (Å²) in [6.45, 7) is 2.24. The second-order valence-electron chi connectivity index (χ2n) is 10.1. The van der Waals surface area contributed by atoms with Crippen LogP contribution in [-0.2, 0) is 30.4 Å². The van der Waals surface area contributed by atoms with Crippen LogP contribution in [0.15, 0.2) is 17.5 Å². The molecule has 1 aromatic heterocycles. The fourth-order valence-corrected chi connectivity index (χ4v) is 4.17. The maximum absolute atomic E-state index is 13.5. The summed E-state index contributed by atoms with van der Waals surface area (Å²) in [4.78, 5) is 74.2. The fourth-order valence-electron chi connectivity index (χ4n) is 4.17. The highest BCUT2D eigenvalue weighted by Gasteiger charge is 2.31. The van der Waals surface area contributed by atoms with Crippen LogP contribution in [0.4, 0.5) is 0 Å². The van der Waals surface area contributed by atoms with Gasteiger partial charge in [-0.25, -0.2) is 9.78 Å². The Hall–Kier alpha value is -4.25. The molecule has 242 valence electrons. The molecular weight excluding hydrogens is 562 g/mol. The minimum Gasteiger partial charge on any atom is -0.480 e. The molecule has 1 heterocycles. The first-order valence-electron chi connectivity index (χ1n) is 14.3. The summed E-state index contributed by atoms with van der Waals surface area (Å²) in [7, 11) is 0. The molecule has 0 aliphatic carbocycles. The third-order valence-electron chi connectivity index (χ3n) is 6.39. The number of rotatable bonds is 22. The van der Waals surface area contributed by atoms with Crippen molar-refractivity contribution in [2.24, 2.45) is 27.9 Å². The number of aromatic nitrogens is 2. The number of carboxylic acid groups (broad SMARTS) is 1. The van der Waals surface area contributed by atoms with E-state index in [0.29, 0.717) is 50.9 Å². The van der Waals surface area contributed by atoms with Crippen molar-refractivity contribution in [3.63, 3.8) is 0 Å². The highest BCUT2D eigenvalue weighted by Crippen LogP contribution is 2.08. The summed E-state index contributed by atoms with van der Waals surface area (Å²) in [6.07, 6.45) is 5.96. The normalized spacial score (nSPS) is 13.6. The van der Waals surface area contributed by atoms with Crippen molar-refractivity contribution in [2.75, 3.05) is 19.6 Å². The van der Waals surface area contributed by atoms with E-state index in [1.807, 2.05) is 0 Å². The lowest BCUT2D eigenvalue weighted by Gasteiger charge is -2.26. The van der Waals surface area contributed by atoms with Crippen molar-refractivity contribution in [3.8, 4) is 0 Å². The van der Waals surface area contributed by atoms with Crippen LogP contribution >= 0.6 is 0 Å². The van der Waals surface area contributed by atoms with E-state index in [9.17, 15) is 29.1 Å². The summed E-state index contributed by atoms with van der Waals surface area (Å²) in [5.74, 6) is -3.75.